The van der Waals surface area contributed by atoms with Gasteiger partial charge in [-0.1, -0.05) is 41.0 Å². The number of hydrogen-bond acceptors (Lipinski definition) is 3. The highest BCUT2D eigenvalue weighted by Gasteiger charge is 2.11. The van der Waals surface area contributed by atoms with Gasteiger partial charge in [-0.3, -0.25) is 0 Å². The van der Waals surface area contributed by atoms with Crippen molar-refractivity contribution in [1.29, 1.82) is 0 Å². The Morgan fingerprint density at radius 1 is 1.14 bits per heavy atom. The van der Waals surface area contributed by atoms with Crippen LogP contribution in [0.25, 0.3) is 0 Å². The molecule has 120 valence electrons. The van der Waals surface area contributed by atoms with Gasteiger partial charge >= 0.3 is 0 Å². The largest absolute Gasteiger partial charge is 0.357 e. The van der Waals surface area contributed by atoms with E-state index in [2.05, 4.69) is 63.9 Å². The van der Waals surface area contributed by atoms with Crippen molar-refractivity contribution >= 4 is 5.82 Å². The summed E-state index contributed by atoms with van der Waals surface area (Å²) in [7, 11) is 0. The van der Waals surface area contributed by atoms with Gasteiger partial charge in [0.05, 0.1) is 0 Å². The van der Waals surface area contributed by atoms with Gasteiger partial charge in [0.1, 0.15) is 5.82 Å². The van der Waals surface area contributed by atoms with E-state index in [4.69, 9.17) is 4.98 Å². The summed E-state index contributed by atoms with van der Waals surface area (Å²) in [5.74, 6) is 1.60. The quantitative estimate of drug-likeness (QED) is 0.734. The smallest absolute Gasteiger partial charge is 0.129 e. The molecule has 0 atom stereocenters. The van der Waals surface area contributed by atoms with E-state index in [0.29, 0.717) is 12.0 Å². The zero-order valence-corrected chi connectivity index (χ0v) is 14.7. The van der Waals surface area contributed by atoms with E-state index in [1.54, 1.807) is 0 Å². The van der Waals surface area contributed by atoms with Crippen LogP contribution in [0.5, 0.6) is 0 Å². The monoisotopic (exact) mass is 291 g/mol. The van der Waals surface area contributed by atoms with Crippen LogP contribution < -0.4 is 10.2 Å². The molecule has 0 saturated heterocycles. The molecule has 1 aromatic heterocycles. The van der Waals surface area contributed by atoms with Gasteiger partial charge in [-0.2, -0.15) is 0 Å². The average molecular weight is 291 g/mol. The lowest BCUT2D eigenvalue weighted by molar-refractivity contribution is 0.587. The molecule has 3 nitrogen and oxygen atoms in total. The van der Waals surface area contributed by atoms with E-state index >= 15 is 0 Å². The van der Waals surface area contributed by atoms with Crippen molar-refractivity contribution in [2.45, 2.75) is 72.9 Å². The normalized spacial score (nSPS) is 11.4. The molecule has 21 heavy (non-hydrogen) atoms. The Morgan fingerprint density at radius 2 is 1.86 bits per heavy atom. The van der Waals surface area contributed by atoms with E-state index in [0.717, 1.165) is 25.5 Å². The van der Waals surface area contributed by atoms with E-state index in [1.807, 2.05) is 0 Å². The second kappa shape index (κ2) is 9.04. The van der Waals surface area contributed by atoms with Crippen LogP contribution in [0.15, 0.2) is 12.1 Å². The van der Waals surface area contributed by atoms with E-state index in [1.165, 1.54) is 24.1 Å². The minimum Gasteiger partial charge on any atom is -0.357 e. The van der Waals surface area contributed by atoms with Gasteiger partial charge in [-0.15, -0.1) is 0 Å². The molecule has 1 N–H and O–H groups in total. The number of nitrogens with zero attached hydrogens (tertiary/aromatic N) is 2. The summed E-state index contributed by atoms with van der Waals surface area (Å²) >= 11 is 0. The number of unbranched alkanes of at least 4 members (excludes halogenated alkanes) is 1. The Labute approximate surface area is 131 Å². The summed E-state index contributed by atoms with van der Waals surface area (Å²) < 4.78 is 0. The van der Waals surface area contributed by atoms with Crippen LogP contribution in [0.1, 0.15) is 71.6 Å². The number of aromatic nitrogens is 1. The molecule has 1 heterocycles. The molecule has 0 saturated carbocycles. The predicted octanol–water partition coefficient (Wildman–Crippen LogP) is 4.33. The lowest BCUT2D eigenvalue weighted by Gasteiger charge is -2.24. The van der Waals surface area contributed by atoms with Crippen molar-refractivity contribution in [2.24, 2.45) is 0 Å². The molecule has 0 aromatic carbocycles. The molecule has 1 rings (SSSR count). The predicted molar refractivity (Wildman–Crippen MR) is 93.1 cm³/mol. The van der Waals surface area contributed by atoms with Crippen LogP contribution in [0.4, 0.5) is 5.82 Å². The summed E-state index contributed by atoms with van der Waals surface area (Å²) in [4.78, 5) is 7.28. The maximum absolute atomic E-state index is 4.88. The Bertz CT molecular complexity index is 413. The van der Waals surface area contributed by atoms with Gasteiger partial charge in [0, 0.05) is 31.4 Å². The fourth-order valence-electron chi connectivity index (χ4n) is 2.26. The minimum atomic E-state index is 0.465. The fourth-order valence-corrected chi connectivity index (χ4v) is 2.26. The van der Waals surface area contributed by atoms with Gasteiger partial charge in [0.25, 0.3) is 0 Å². The van der Waals surface area contributed by atoms with E-state index < -0.39 is 0 Å². The molecule has 0 aliphatic carbocycles. The lowest BCUT2D eigenvalue weighted by atomic mass is 10.1. The van der Waals surface area contributed by atoms with Crippen molar-refractivity contribution in [1.82, 2.24) is 10.3 Å². The number of anilines is 1. The lowest BCUT2D eigenvalue weighted by Crippen LogP contribution is -2.26. The summed E-state index contributed by atoms with van der Waals surface area (Å²) in [5, 5.41) is 3.51. The van der Waals surface area contributed by atoms with E-state index in [9.17, 15) is 0 Å². The van der Waals surface area contributed by atoms with Crippen molar-refractivity contribution in [3.8, 4) is 0 Å². The zero-order chi connectivity index (χ0) is 15.8. The molecule has 1 aromatic rings. The molecular weight excluding hydrogens is 258 g/mol. The SMILES string of the molecule is CCCCN(CC)c1cc(CNC(C)C)cc(C(C)C)n1. The standard InChI is InChI=1S/C18H33N3/c1-7-9-10-21(8-2)18-12-16(13-19-15(5)6)11-17(20-18)14(3)4/h11-12,14-15,19H,7-10,13H2,1-6H3. The third-order valence-corrected chi connectivity index (χ3v) is 3.68. The Hall–Kier alpha value is -1.09. The first kappa shape index (κ1) is 18.0. The first-order chi connectivity index (χ1) is 9.97. The van der Waals surface area contributed by atoms with Gasteiger partial charge in [-0.05, 0) is 37.0 Å². The first-order valence-electron chi connectivity index (χ1n) is 8.47. The maximum atomic E-state index is 4.88. The van der Waals surface area contributed by atoms with Gasteiger partial charge < -0.3 is 10.2 Å². The molecular formula is C18H33N3. The van der Waals surface area contributed by atoms with Gasteiger partial charge in [-0.25, -0.2) is 4.98 Å². The van der Waals surface area contributed by atoms with Crippen LogP contribution in [0.2, 0.25) is 0 Å². The number of hydrogen-bond donors (Lipinski definition) is 1. The Morgan fingerprint density at radius 3 is 2.38 bits per heavy atom. The van der Waals surface area contributed by atoms with Crippen molar-refractivity contribution < 1.29 is 0 Å². The number of rotatable bonds is 9. The molecule has 0 unspecified atom stereocenters. The number of pyridine rings is 1. The third kappa shape index (κ3) is 6.04. The molecule has 3 heteroatoms. The zero-order valence-electron chi connectivity index (χ0n) is 14.7. The molecule has 0 bridgehead atoms. The molecule has 0 radical (unpaired) electrons. The third-order valence-electron chi connectivity index (χ3n) is 3.68. The topological polar surface area (TPSA) is 28.2 Å². The second-order valence-electron chi connectivity index (χ2n) is 6.38. The van der Waals surface area contributed by atoms with Crippen molar-refractivity contribution in [3.05, 3.63) is 23.4 Å². The molecule has 0 amide bonds. The summed E-state index contributed by atoms with van der Waals surface area (Å²) in [5.41, 5.74) is 2.54. The Balaban J connectivity index is 2.99. The van der Waals surface area contributed by atoms with Crippen LogP contribution >= 0.6 is 0 Å². The molecule has 0 fully saturated rings. The van der Waals surface area contributed by atoms with Gasteiger partial charge in [0.2, 0.25) is 0 Å². The van der Waals surface area contributed by atoms with Crippen LogP contribution in [0, 0.1) is 0 Å². The maximum Gasteiger partial charge on any atom is 0.129 e. The summed E-state index contributed by atoms with van der Waals surface area (Å²) in [6, 6.07) is 5.00. The second-order valence-corrected chi connectivity index (χ2v) is 6.38. The highest BCUT2D eigenvalue weighted by Crippen LogP contribution is 2.21. The first-order valence-corrected chi connectivity index (χ1v) is 8.47. The van der Waals surface area contributed by atoms with Crippen LogP contribution in [0.3, 0.4) is 0 Å². The highest BCUT2D eigenvalue weighted by atomic mass is 15.2. The molecule has 0 aliphatic rings. The fraction of sp³-hybridized carbons (Fsp3) is 0.722. The van der Waals surface area contributed by atoms with Crippen LogP contribution in [-0.2, 0) is 6.54 Å². The van der Waals surface area contributed by atoms with Crippen molar-refractivity contribution in [3.63, 3.8) is 0 Å². The van der Waals surface area contributed by atoms with Crippen molar-refractivity contribution in [2.75, 3.05) is 18.0 Å². The number of nitrogens with one attached hydrogen (secondary N) is 1. The van der Waals surface area contributed by atoms with E-state index in [-0.39, 0.29) is 0 Å². The summed E-state index contributed by atoms with van der Waals surface area (Å²) in [6.45, 7) is 16.3. The molecule has 0 spiro atoms. The summed E-state index contributed by atoms with van der Waals surface area (Å²) in [6.07, 6.45) is 2.45. The Kier molecular flexibility index (Phi) is 7.73. The molecule has 0 aliphatic heterocycles. The van der Waals surface area contributed by atoms with Crippen LogP contribution in [-0.4, -0.2) is 24.1 Å². The van der Waals surface area contributed by atoms with Gasteiger partial charge in [0.15, 0.2) is 0 Å². The average Bonchev–Trinajstić information content (AvgIpc) is 2.45. The minimum absolute atomic E-state index is 0.465. The highest BCUT2D eigenvalue weighted by molar-refractivity contribution is 5.43.